The van der Waals surface area contributed by atoms with E-state index in [0.29, 0.717) is 24.5 Å². The molecule has 1 aliphatic rings. The van der Waals surface area contributed by atoms with E-state index in [4.69, 9.17) is 9.47 Å². The number of aromatic nitrogens is 1. The molecule has 1 aromatic heterocycles. The van der Waals surface area contributed by atoms with E-state index < -0.39 is 6.09 Å². The number of cyclic esters (lactones) is 1. The number of benzene rings is 1. The van der Waals surface area contributed by atoms with Crippen molar-refractivity contribution in [2.45, 2.75) is 39.8 Å². The molecule has 1 aliphatic heterocycles. The highest BCUT2D eigenvalue weighted by atomic mass is 16.6. The standard InChI is InChI=1S/C23H29N3O4/c1-14(2)21-13-30-23(28)26(21)19-9-17(20-7-6-15(3)11-24-20)8-18(10-19)22(27)25-16(4)12-29-5/h6-11,14,16,21H,12-13H2,1-5H3,(H,25,27)/t16-,21+/m1/s1. The van der Waals surface area contributed by atoms with Crippen molar-refractivity contribution in [1.82, 2.24) is 10.3 Å². The van der Waals surface area contributed by atoms with Crippen LogP contribution in [0.2, 0.25) is 0 Å². The van der Waals surface area contributed by atoms with E-state index in [1.54, 1.807) is 30.3 Å². The zero-order chi connectivity index (χ0) is 21.8. The molecule has 2 aromatic rings. The fourth-order valence-corrected chi connectivity index (χ4v) is 3.49. The fraction of sp³-hybridized carbons (Fsp3) is 0.435. The van der Waals surface area contributed by atoms with E-state index in [0.717, 1.165) is 16.8 Å². The second-order valence-electron chi connectivity index (χ2n) is 8.08. The van der Waals surface area contributed by atoms with E-state index in [1.807, 2.05) is 45.9 Å². The lowest BCUT2D eigenvalue weighted by molar-refractivity contribution is 0.0905. The van der Waals surface area contributed by atoms with Gasteiger partial charge in [0.05, 0.1) is 18.3 Å². The van der Waals surface area contributed by atoms with Gasteiger partial charge in [-0.05, 0) is 49.6 Å². The smallest absolute Gasteiger partial charge is 0.414 e. The largest absolute Gasteiger partial charge is 0.447 e. The van der Waals surface area contributed by atoms with Gasteiger partial charge in [0.15, 0.2) is 0 Å². The summed E-state index contributed by atoms with van der Waals surface area (Å²) in [7, 11) is 1.59. The first kappa shape index (κ1) is 21.8. The molecule has 160 valence electrons. The van der Waals surface area contributed by atoms with Crippen LogP contribution in [0, 0.1) is 12.8 Å². The molecule has 1 aromatic carbocycles. The molecule has 30 heavy (non-hydrogen) atoms. The SMILES string of the molecule is COC[C@@H](C)NC(=O)c1cc(-c2ccc(C)cn2)cc(N2C(=O)OC[C@H]2C(C)C)c1. The number of aryl methyl sites for hydroxylation is 1. The lowest BCUT2D eigenvalue weighted by Crippen LogP contribution is -2.38. The number of hydrogen-bond donors (Lipinski definition) is 1. The van der Waals surface area contributed by atoms with Gasteiger partial charge in [0.25, 0.3) is 5.91 Å². The Morgan fingerprint density at radius 3 is 2.70 bits per heavy atom. The molecule has 1 fully saturated rings. The molecule has 0 bridgehead atoms. The van der Waals surface area contributed by atoms with E-state index in [9.17, 15) is 9.59 Å². The van der Waals surface area contributed by atoms with Gasteiger partial charge < -0.3 is 14.8 Å². The van der Waals surface area contributed by atoms with Gasteiger partial charge in [0.2, 0.25) is 0 Å². The average molecular weight is 412 g/mol. The van der Waals surface area contributed by atoms with Crippen LogP contribution in [-0.4, -0.2) is 49.4 Å². The Balaban J connectivity index is 2.05. The lowest BCUT2D eigenvalue weighted by atomic mass is 10.0. The van der Waals surface area contributed by atoms with Crippen LogP contribution >= 0.6 is 0 Å². The van der Waals surface area contributed by atoms with Gasteiger partial charge in [0, 0.05) is 36.2 Å². The van der Waals surface area contributed by atoms with Crippen LogP contribution < -0.4 is 10.2 Å². The quantitative estimate of drug-likeness (QED) is 0.749. The van der Waals surface area contributed by atoms with Gasteiger partial charge in [-0.3, -0.25) is 14.7 Å². The summed E-state index contributed by atoms with van der Waals surface area (Å²) in [6.07, 6.45) is 1.38. The van der Waals surface area contributed by atoms with Crippen molar-refractivity contribution in [2.24, 2.45) is 5.92 Å². The number of methoxy groups -OCH3 is 1. The minimum Gasteiger partial charge on any atom is -0.447 e. The van der Waals surface area contributed by atoms with Crippen LogP contribution in [0.3, 0.4) is 0 Å². The summed E-state index contributed by atoms with van der Waals surface area (Å²) in [4.78, 5) is 31.5. The molecule has 3 rings (SSSR count). The lowest BCUT2D eigenvalue weighted by Gasteiger charge is -2.25. The fourth-order valence-electron chi connectivity index (χ4n) is 3.49. The number of ether oxygens (including phenoxy) is 2. The monoisotopic (exact) mass is 411 g/mol. The minimum absolute atomic E-state index is 0.0953. The van der Waals surface area contributed by atoms with Crippen molar-refractivity contribution in [1.29, 1.82) is 0 Å². The van der Waals surface area contributed by atoms with Gasteiger partial charge in [-0.2, -0.15) is 0 Å². The first-order chi connectivity index (χ1) is 14.3. The van der Waals surface area contributed by atoms with E-state index in [-0.39, 0.29) is 23.9 Å². The van der Waals surface area contributed by atoms with E-state index >= 15 is 0 Å². The molecule has 1 N–H and O–H groups in total. The van der Waals surface area contributed by atoms with E-state index in [2.05, 4.69) is 10.3 Å². The summed E-state index contributed by atoms with van der Waals surface area (Å²) >= 11 is 0. The predicted molar refractivity (Wildman–Crippen MR) is 116 cm³/mol. The van der Waals surface area contributed by atoms with Crippen LogP contribution in [0.25, 0.3) is 11.3 Å². The maximum absolute atomic E-state index is 12.9. The van der Waals surface area contributed by atoms with Gasteiger partial charge in [0.1, 0.15) is 6.61 Å². The molecular formula is C23H29N3O4. The van der Waals surface area contributed by atoms with Crippen LogP contribution in [0.1, 0.15) is 36.7 Å². The molecule has 0 saturated carbocycles. The highest BCUT2D eigenvalue weighted by Gasteiger charge is 2.36. The molecule has 0 unspecified atom stereocenters. The van der Waals surface area contributed by atoms with Crippen molar-refractivity contribution in [3.63, 3.8) is 0 Å². The molecule has 7 heteroatoms. The zero-order valence-electron chi connectivity index (χ0n) is 18.1. The number of carbonyl (C=O) groups is 2. The van der Waals surface area contributed by atoms with Gasteiger partial charge in [-0.1, -0.05) is 19.9 Å². The van der Waals surface area contributed by atoms with Crippen LogP contribution in [0.15, 0.2) is 36.5 Å². The Bertz CT molecular complexity index is 911. The third kappa shape index (κ3) is 4.79. The number of amides is 2. The number of pyridine rings is 1. The first-order valence-electron chi connectivity index (χ1n) is 10.1. The van der Waals surface area contributed by atoms with Crippen molar-refractivity contribution < 1.29 is 19.1 Å². The zero-order valence-corrected chi connectivity index (χ0v) is 18.1. The average Bonchev–Trinajstić information content (AvgIpc) is 3.10. The van der Waals surface area contributed by atoms with Crippen LogP contribution in [-0.2, 0) is 9.47 Å². The topological polar surface area (TPSA) is 80.8 Å². The van der Waals surface area contributed by atoms with Crippen molar-refractivity contribution >= 4 is 17.7 Å². The molecular weight excluding hydrogens is 382 g/mol. The van der Waals surface area contributed by atoms with Gasteiger partial charge in [-0.25, -0.2) is 4.79 Å². The number of anilines is 1. The van der Waals surface area contributed by atoms with E-state index in [1.165, 1.54) is 0 Å². The molecule has 2 atom stereocenters. The highest BCUT2D eigenvalue weighted by Crippen LogP contribution is 2.32. The second kappa shape index (κ2) is 9.26. The van der Waals surface area contributed by atoms with Crippen molar-refractivity contribution in [3.8, 4) is 11.3 Å². The Hall–Kier alpha value is -2.93. The number of rotatable bonds is 7. The van der Waals surface area contributed by atoms with Crippen molar-refractivity contribution in [2.75, 3.05) is 25.2 Å². The molecule has 2 amide bonds. The van der Waals surface area contributed by atoms with Gasteiger partial charge >= 0.3 is 6.09 Å². The molecule has 1 saturated heterocycles. The van der Waals surface area contributed by atoms with Crippen LogP contribution in [0.5, 0.6) is 0 Å². The summed E-state index contributed by atoms with van der Waals surface area (Å²) in [6.45, 7) is 8.68. The Morgan fingerprint density at radius 2 is 2.07 bits per heavy atom. The Morgan fingerprint density at radius 1 is 1.30 bits per heavy atom. The summed E-state index contributed by atoms with van der Waals surface area (Å²) in [5.41, 5.74) is 3.62. The second-order valence-corrected chi connectivity index (χ2v) is 8.08. The number of hydrogen-bond acceptors (Lipinski definition) is 5. The third-order valence-corrected chi connectivity index (χ3v) is 5.13. The maximum atomic E-state index is 12.9. The maximum Gasteiger partial charge on any atom is 0.414 e. The summed E-state index contributed by atoms with van der Waals surface area (Å²) in [6, 6.07) is 9.04. The number of nitrogens with one attached hydrogen (secondary N) is 1. The molecule has 0 radical (unpaired) electrons. The third-order valence-electron chi connectivity index (χ3n) is 5.13. The van der Waals surface area contributed by atoms with Crippen LogP contribution in [0.4, 0.5) is 10.5 Å². The molecule has 2 heterocycles. The van der Waals surface area contributed by atoms with Crippen molar-refractivity contribution in [3.05, 3.63) is 47.7 Å². The number of nitrogens with zero attached hydrogens (tertiary/aromatic N) is 2. The first-order valence-corrected chi connectivity index (χ1v) is 10.1. The van der Waals surface area contributed by atoms with Gasteiger partial charge in [-0.15, -0.1) is 0 Å². The summed E-state index contributed by atoms with van der Waals surface area (Å²) < 4.78 is 10.4. The minimum atomic E-state index is -0.401. The Kier molecular flexibility index (Phi) is 6.72. The number of carbonyl (C=O) groups excluding carboxylic acids is 2. The highest BCUT2D eigenvalue weighted by molar-refractivity contribution is 5.99. The summed E-state index contributed by atoms with van der Waals surface area (Å²) in [5.74, 6) is -0.0277. The Labute approximate surface area is 177 Å². The molecule has 0 spiro atoms. The summed E-state index contributed by atoms with van der Waals surface area (Å²) in [5, 5.41) is 2.93. The molecule has 0 aliphatic carbocycles. The molecule has 7 nitrogen and oxygen atoms in total. The normalized spacial score (nSPS) is 17.2. The predicted octanol–water partition coefficient (Wildman–Crippen LogP) is 3.80.